The standard InChI is InChI=1S/C32H46N4O3/c1-3-5-6-7-8-9-10-11-12-13-14-15-16-17-18-19-20-22-31(38)34-24-23-32(39)36-29(30(37)21-4-2)25-28-26-33-27-35-28/h3,5,7-8,10-11,13-14,16-17,19-20,26-27,29H,4,6,9,12,15,18,21-25H2,1-2H3,(H,33,35)(H,34,38)(H,36,39)/b5-3-,8-7-,11-10-,14-13-,17-16-,20-19-/t29-/m0/s1. The van der Waals surface area contributed by atoms with Crippen LogP contribution in [0.4, 0.5) is 0 Å². The van der Waals surface area contributed by atoms with Gasteiger partial charge in [0.1, 0.15) is 0 Å². The lowest BCUT2D eigenvalue weighted by Crippen LogP contribution is -2.43. The largest absolute Gasteiger partial charge is 0.355 e. The second-order valence-corrected chi connectivity index (χ2v) is 9.03. The highest BCUT2D eigenvalue weighted by Crippen LogP contribution is 2.04. The average molecular weight is 535 g/mol. The minimum atomic E-state index is -0.595. The van der Waals surface area contributed by atoms with Gasteiger partial charge in [0, 0.05) is 44.1 Å². The van der Waals surface area contributed by atoms with Crippen molar-refractivity contribution in [3.63, 3.8) is 0 Å². The summed E-state index contributed by atoms with van der Waals surface area (Å²) in [5.74, 6) is -0.405. The van der Waals surface area contributed by atoms with Gasteiger partial charge in [-0.1, -0.05) is 79.8 Å². The number of nitrogens with zero attached hydrogens (tertiary/aromatic N) is 1. The highest BCUT2D eigenvalue weighted by atomic mass is 16.2. The van der Waals surface area contributed by atoms with Gasteiger partial charge in [0.25, 0.3) is 0 Å². The molecule has 1 rings (SSSR count). The molecule has 0 radical (unpaired) electrons. The number of carbonyl (C=O) groups excluding carboxylic acids is 3. The minimum absolute atomic E-state index is 0.00754. The van der Waals surface area contributed by atoms with E-state index >= 15 is 0 Å². The molecule has 0 aliphatic carbocycles. The van der Waals surface area contributed by atoms with Gasteiger partial charge in [0.05, 0.1) is 12.4 Å². The maximum absolute atomic E-state index is 12.4. The first-order chi connectivity index (χ1) is 19.1. The maximum atomic E-state index is 12.4. The van der Waals surface area contributed by atoms with Crippen LogP contribution in [-0.2, 0) is 20.8 Å². The van der Waals surface area contributed by atoms with Crippen molar-refractivity contribution < 1.29 is 14.4 Å². The summed E-state index contributed by atoms with van der Waals surface area (Å²) in [6.07, 6.45) is 34.8. The van der Waals surface area contributed by atoms with Crippen LogP contribution in [0.2, 0.25) is 0 Å². The zero-order valence-corrected chi connectivity index (χ0v) is 23.6. The number of hydrogen-bond acceptors (Lipinski definition) is 4. The van der Waals surface area contributed by atoms with E-state index in [0.29, 0.717) is 12.8 Å². The lowest BCUT2D eigenvalue weighted by molar-refractivity contribution is -0.128. The summed E-state index contributed by atoms with van der Waals surface area (Å²) in [6.45, 7) is 4.19. The normalized spacial score (nSPS) is 13.1. The number of amides is 2. The second-order valence-electron chi connectivity index (χ2n) is 9.03. The third-order valence-electron chi connectivity index (χ3n) is 5.61. The summed E-state index contributed by atoms with van der Waals surface area (Å²) in [6, 6.07) is -0.595. The Morgan fingerprint density at radius 1 is 0.821 bits per heavy atom. The molecule has 0 fully saturated rings. The third kappa shape index (κ3) is 19.1. The molecule has 0 saturated carbocycles. The van der Waals surface area contributed by atoms with Crippen molar-refractivity contribution in [1.29, 1.82) is 0 Å². The summed E-state index contributed by atoms with van der Waals surface area (Å²) in [5, 5.41) is 5.55. The second kappa shape index (κ2) is 23.4. The molecule has 0 bridgehead atoms. The van der Waals surface area contributed by atoms with Gasteiger partial charge in [0.2, 0.25) is 11.8 Å². The molecule has 7 heteroatoms. The lowest BCUT2D eigenvalue weighted by atomic mass is 10.0. The average Bonchev–Trinajstić information content (AvgIpc) is 3.43. The number of hydrogen-bond donors (Lipinski definition) is 3. The van der Waals surface area contributed by atoms with Crippen LogP contribution in [0.1, 0.15) is 77.3 Å². The number of Topliss-reactive ketones (excluding diaryl/α,β-unsaturated/α-hetero) is 1. The summed E-state index contributed by atoms with van der Waals surface area (Å²) in [5.41, 5.74) is 0.791. The molecule has 1 aromatic rings. The predicted molar refractivity (Wildman–Crippen MR) is 160 cm³/mol. The molecule has 0 aliphatic rings. The third-order valence-corrected chi connectivity index (χ3v) is 5.61. The fourth-order valence-corrected chi connectivity index (χ4v) is 3.52. The summed E-state index contributed by atoms with van der Waals surface area (Å²) in [7, 11) is 0. The summed E-state index contributed by atoms with van der Waals surface area (Å²) >= 11 is 0. The molecule has 7 nitrogen and oxygen atoms in total. The SMILES string of the molecule is C/C=C\C/C=C\C/C=C\C/C=C\C/C=C\C/C=C\CC(=O)NCCC(=O)N[C@@H](Cc1cnc[nH]1)C(=O)CCC. The van der Waals surface area contributed by atoms with Gasteiger partial charge in [-0.25, -0.2) is 4.98 Å². The van der Waals surface area contributed by atoms with Crippen molar-refractivity contribution >= 4 is 17.6 Å². The molecule has 0 unspecified atom stereocenters. The zero-order chi connectivity index (χ0) is 28.4. The number of aromatic amines is 1. The zero-order valence-electron chi connectivity index (χ0n) is 23.6. The number of carbonyl (C=O) groups is 3. The van der Waals surface area contributed by atoms with E-state index in [0.717, 1.165) is 44.2 Å². The number of nitrogens with one attached hydrogen (secondary N) is 3. The molecule has 212 valence electrons. The van der Waals surface area contributed by atoms with E-state index < -0.39 is 6.04 Å². The molecule has 1 aromatic heterocycles. The molecule has 0 aromatic carbocycles. The fourth-order valence-electron chi connectivity index (χ4n) is 3.52. The monoisotopic (exact) mass is 534 g/mol. The number of allylic oxidation sites excluding steroid dienone is 11. The van der Waals surface area contributed by atoms with Gasteiger partial charge >= 0.3 is 0 Å². The lowest BCUT2D eigenvalue weighted by Gasteiger charge is -2.17. The number of H-pyrrole nitrogens is 1. The first-order valence-corrected chi connectivity index (χ1v) is 14.0. The molecule has 0 aliphatic heterocycles. The summed E-state index contributed by atoms with van der Waals surface area (Å²) < 4.78 is 0. The topological polar surface area (TPSA) is 104 Å². The smallest absolute Gasteiger partial charge is 0.223 e. The Labute approximate surface area is 234 Å². The molecule has 0 saturated heterocycles. The van der Waals surface area contributed by atoms with Gasteiger partial charge in [-0.15, -0.1) is 0 Å². The van der Waals surface area contributed by atoms with Gasteiger partial charge < -0.3 is 15.6 Å². The van der Waals surface area contributed by atoms with E-state index in [1.54, 1.807) is 12.5 Å². The number of aromatic nitrogens is 2. The van der Waals surface area contributed by atoms with E-state index in [4.69, 9.17) is 0 Å². The Hall–Kier alpha value is -3.74. The van der Waals surface area contributed by atoms with Crippen LogP contribution in [0, 0.1) is 0 Å². The van der Waals surface area contributed by atoms with Crippen LogP contribution in [0.3, 0.4) is 0 Å². The van der Waals surface area contributed by atoms with E-state index in [2.05, 4.69) is 81.4 Å². The van der Waals surface area contributed by atoms with Crippen LogP contribution < -0.4 is 10.6 Å². The van der Waals surface area contributed by atoms with Crippen LogP contribution in [-0.4, -0.2) is 40.2 Å². The molecular formula is C32H46N4O3. The number of rotatable bonds is 21. The first kappa shape index (κ1) is 33.3. The summed E-state index contributed by atoms with van der Waals surface area (Å²) in [4.78, 5) is 43.6. The van der Waals surface area contributed by atoms with Crippen molar-refractivity contribution in [2.45, 2.75) is 84.1 Å². The quantitative estimate of drug-likeness (QED) is 0.168. The van der Waals surface area contributed by atoms with Crippen molar-refractivity contribution in [3.8, 4) is 0 Å². The van der Waals surface area contributed by atoms with Crippen LogP contribution >= 0.6 is 0 Å². The van der Waals surface area contributed by atoms with Crippen LogP contribution in [0.5, 0.6) is 0 Å². The van der Waals surface area contributed by atoms with Crippen LogP contribution in [0.25, 0.3) is 0 Å². The molecule has 0 spiro atoms. The predicted octanol–water partition coefficient (Wildman–Crippen LogP) is 6.01. The Morgan fingerprint density at radius 2 is 1.38 bits per heavy atom. The molecule has 1 atom stereocenters. The Bertz CT molecular complexity index is 985. The fraction of sp³-hybridized carbons (Fsp3) is 0.438. The van der Waals surface area contributed by atoms with Gasteiger partial charge in [0.15, 0.2) is 5.78 Å². The van der Waals surface area contributed by atoms with Gasteiger partial charge in [-0.2, -0.15) is 0 Å². The maximum Gasteiger partial charge on any atom is 0.223 e. The van der Waals surface area contributed by atoms with Crippen molar-refractivity contribution in [2.24, 2.45) is 0 Å². The van der Waals surface area contributed by atoms with Crippen molar-refractivity contribution in [3.05, 3.63) is 91.1 Å². The molecule has 2 amide bonds. The van der Waals surface area contributed by atoms with Crippen LogP contribution in [0.15, 0.2) is 85.4 Å². The highest BCUT2D eigenvalue weighted by Gasteiger charge is 2.20. The van der Waals surface area contributed by atoms with E-state index in [-0.39, 0.29) is 37.0 Å². The molecular weight excluding hydrogens is 488 g/mol. The van der Waals surface area contributed by atoms with Gasteiger partial charge in [-0.3, -0.25) is 14.4 Å². The highest BCUT2D eigenvalue weighted by molar-refractivity contribution is 5.89. The minimum Gasteiger partial charge on any atom is -0.355 e. The van der Waals surface area contributed by atoms with Gasteiger partial charge in [-0.05, 0) is 45.4 Å². The molecule has 1 heterocycles. The van der Waals surface area contributed by atoms with Crippen molar-refractivity contribution in [2.75, 3.05) is 6.54 Å². The first-order valence-electron chi connectivity index (χ1n) is 14.0. The number of ketones is 1. The van der Waals surface area contributed by atoms with E-state index in [9.17, 15) is 14.4 Å². The number of imidazole rings is 1. The Morgan fingerprint density at radius 3 is 1.90 bits per heavy atom. The van der Waals surface area contributed by atoms with E-state index in [1.807, 2.05) is 26.0 Å². The molecule has 39 heavy (non-hydrogen) atoms. The van der Waals surface area contributed by atoms with Crippen molar-refractivity contribution in [1.82, 2.24) is 20.6 Å². The van der Waals surface area contributed by atoms with E-state index in [1.165, 1.54) is 0 Å². The Kier molecular flexibility index (Phi) is 20.0. The molecule has 3 N–H and O–H groups in total. The Balaban J connectivity index is 2.14.